The number of nitrogens with one attached hydrogen (secondary N) is 1. The van der Waals surface area contributed by atoms with Crippen LogP contribution in [0, 0.1) is 0 Å². The summed E-state index contributed by atoms with van der Waals surface area (Å²) < 4.78 is 13.0. The largest absolute Gasteiger partial charge is 0.497 e. The van der Waals surface area contributed by atoms with Crippen LogP contribution in [0.25, 0.3) is 11.1 Å². The molecule has 5 aromatic rings. The van der Waals surface area contributed by atoms with Gasteiger partial charge in [0.2, 0.25) is 5.95 Å². The quantitative estimate of drug-likeness (QED) is 0.269. The summed E-state index contributed by atoms with van der Waals surface area (Å²) in [5.74, 6) is 1.85. The molecule has 3 N–H and O–H groups in total. The molecule has 0 saturated carbocycles. The summed E-state index contributed by atoms with van der Waals surface area (Å²) in [5.41, 5.74) is 9.22. The van der Waals surface area contributed by atoms with E-state index in [4.69, 9.17) is 15.2 Å². The first-order valence-electron chi connectivity index (χ1n) is 13.0. The molecule has 10 heteroatoms. The van der Waals surface area contributed by atoms with E-state index >= 15 is 0 Å². The lowest BCUT2D eigenvalue weighted by molar-refractivity contribution is 0.414. The summed E-state index contributed by atoms with van der Waals surface area (Å²) >= 11 is 0. The highest BCUT2D eigenvalue weighted by Gasteiger charge is 2.15. The second-order valence-corrected chi connectivity index (χ2v) is 9.36. The van der Waals surface area contributed by atoms with Gasteiger partial charge in [0.05, 0.1) is 27.3 Å². The highest BCUT2D eigenvalue weighted by Crippen LogP contribution is 2.22. The number of nitrogens with two attached hydrogens (primary N) is 1. The van der Waals surface area contributed by atoms with Gasteiger partial charge in [-0.25, -0.2) is 19.1 Å². The summed E-state index contributed by atoms with van der Waals surface area (Å²) in [5, 5.41) is 3.16. The van der Waals surface area contributed by atoms with Crippen molar-refractivity contribution in [2.24, 2.45) is 0 Å². The van der Waals surface area contributed by atoms with E-state index in [9.17, 15) is 9.59 Å². The van der Waals surface area contributed by atoms with Gasteiger partial charge < -0.3 is 20.5 Å². The second-order valence-electron chi connectivity index (χ2n) is 9.36. The third-order valence-electron chi connectivity index (χ3n) is 6.69. The highest BCUT2D eigenvalue weighted by atomic mass is 16.5. The van der Waals surface area contributed by atoms with Crippen LogP contribution < -0.4 is 31.9 Å². The number of methoxy groups -OCH3 is 2. The second kappa shape index (κ2) is 12.2. The molecule has 0 radical (unpaired) electrons. The molecule has 0 aliphatic rings. The van der Waals surface area contributed by atoms with Crippen molar-refractivity contribution in [3.05, 3.63) is 129 Å². The van der Waals surface area contributed by atoms with Crippen LogP contribution in [0.3, 0.4) is 0 Å². The molecular weight excluding hydrogens is 520 g/mol. The molecule has 0 spiro atoms. The number of nitrogens with zero attached hydrogens (tertiary/aromatic N) is 4. The Morgan fingerprint density at radius 1 is 0.780 bits per heavy atom. The first-order valence-corrected chi connectivity index (χ1v) is 13.0. The molecule has 0 aliphatic heterocycles. The normalized spacial score (nSPS) is 10.8. The SMILES string of the molecule is COc1ccc(Cn2c(NCc3cc(-c4ccccc4)cnc3N)nc(=O)n(Cc3ccc(OC)cc3)c2=O)cc1. The fourth-order valence-electron chi connectivity index (χ4n) is 4.39. The van der Waals surface area contributed by atoms with Gasteiger partial charge in [-0.3, -0.25) is 4.57 Å². The molecule has 0 fully saturated rings. The monoisotopic (exact) mass is 550 g/mol. The molecule has 10 nitrogen and oxygen atoms in total. The molecule has 3 aromatic carbocycles. The van der Waals surface area contributed by atoms with E-state index < -0.39 is 11.4 Å². The number of hydrogen-bond acceptors (Lipinski definition) is 8. The van der Waals surface area contributed by atoms with Gasteiger partial charge >= 0.3 is 11.4 Å². The van der Waals surface area contributed by atoms with Crippen LogP contribution in [0.5, 0.6) is 11.5 Å². The molecule has 2 aromatic heterocycles. The van der Waals surface area contributed by atoms with Crippen molar-refractivity contribution in [3.63, 3.8) is 0 Å². The Morgan fingerprint density at radius 2 is 1.37 bits per heavy atom. The smallest absolute Gasteiger partial charge is 0.355 e. The molecule has 0 saturated heterocycles. The van der Waals surface area contributed by atoms with E-state index in [0.717, 1.165) is 26.8 Å². The summed E-state index contributed by atoms with van der Waals surface area (Å²) in [4.78, 5) is 35.5. The zero-order valence-electron chi connectivity index (χ0n) is 22.8. The minimum absolute atomic E-state index is 0.0630. The summed E-state index contributed by atoms with van der Waals surface area (Å²) in [7, 11) is 3.17. The number of hydrogen-bond donors (Lipinski definition) is 2. The Hall–Kier alpha value is -5.38. The minimum atomic E-state index is -0.663. The zero-order valence-corrected chi connectivity index (χ0v) is 22.8. The van der Waals surface area contributed by atoms with Crippen molar-refractivity contribution in [2.75, 3.05) is 25.3 Å². The van der Waals surface area contributed by atoms with Gasteiger partial charge in [0.1, 0.15) is 17.3 Å². The number of ether oxygens (including phenoxy) is 2. The van der Waals surface area contributed by atoms with Gasteiger partial charge in [0.25, 0.3) is 0 Å². The third-order valence-corrected chi connectivity index (χ3v) is 6.69. The van der Waals surface area contributed by atoms with Gasteiger partial charge in [0.15, 0.2) is 0 Å². The maximum Gasteiger partial charge on any atom is 0.355 e. The summed E-state index contributed by atoms with van der Waals surface area (Å²) in [6.45, 7) is 0.447. The topological polar surface area (TPSA) is 126 Å². The molecule has 0 unspecified atom stereocenters. The summed E-state index contributed by atoms with van der Waals surface area (Å²) in [6, 6.07) is 26.3. The van der Waals surface area contributed by atoms with Gasteiger partial charge in [-0.05, 0) is 47.0 Å². The number of pyridine rings is 1. The predicted octanol–water partition coefficient (Wildman–Crippen LogP) is 3.78. The van der Waals surface area contributed by atoms with Gasteiger partial charge in [-0.1, -0.05) is 54.6 Å². The first-order chi connectivity index (χ1) is 19.9. The van der Waals surface area contributed by atoms with E-state index in [1.807, 2.05) is 60.7 Å². The van der Waals surface area contributed by atoms with Crippen molar-refractivity contribution >= 4 is 11.8 Å². The molecule has 0 amide bonds. The molecule has 2 heterocycles. The van der Waals surface area contributed by atoms with Crippen LogP contribution in [-0.4, -0.2) is 33.3 Å². The number of rotatable bonds is 10. The fourth-order valence-corrected chi connectivity index (χ4v) is 4.39. The molecule has 41 heavy (non-hydrogen) atoms. The minimum Gasteiger partial charge on any atom is -0.497 e. The van der Waals surface area contributed by atoms with E-state index in [1.54, 1.807) is 44.7 Å². The van der Waals surface area contributed by atoms with Crippen molar-refractivity contribution < 1.29 is 9.47 Å². The average Bonchev–Trinajstić information content (AvgIpc) is 3.01. The molecule has 5 rings (SSSR count). The first kappa shape index (κ1) is 27.2. The Bertz CT molecular complexity index is 1750. The van der Waals surface area contributed by atoms with Crippen molar-refractivity contribution in [3.8, 4) is 22.6 Å². The van der Waals surface area contributed by atoms with Crippen LogP contribution in [0.1, 0.15) is 16.7 Å². The Balaban J connectivity index is 1.49. The Morgan fingerprint density at radius 3 is 1.95 bits per heavy atom. The average molecular weight is 551 g/mol. The van der Waals surface area contributed by atoms with E-state index in [2.05, 4.69) is 15.3 Å². The van der Waals surface area contributed by atoms with E-state index in [-0.39, 0.29) is 25.6 Å². The standard InChI is InChI=1S/C31H30N6O4/c1-40-26-12-8-21(9-13-26)19-36-29(34-18-25-16-24(17-33-28(25)32)23-6-4-3-5-7-23)35-30(38)37(31(36)39)20-22-10-14-27(41-2)15-11-22/h3-17H,18-20H2,1-2H3,(H2,32,33)(H,34,35,38). The number of nitrogen functional groups attached to an aromatic ring is 1. The Labute approximate surface area is 236 Å². The third kappa shape index (κ3) is 6.27. The lowest BCUT2D eigenvalue weighted by atomic mass is 10.1. The van der Waals surface area contributed by atoms with Crippen molar-refractivity contribution in [2.45, 2.75) is 19.6 Å². The Kier molecular flexibility index (Phi) is 8.10. The summed E-state index contributed by atoms with van der Waals surface area (Å²) in [6.07, 6.45) is 1.71. The van der Waals surface area contributed by atoms with Gasteiger partial charge in [-0.15, -0.1) is 0 Å². The lowest BCUT2D eigenvalue weighted by Crippen LogP contribution is -2.43. The molecule has 0 atom stereocenters. The molecule has 0 bridgehead atoms. The van der Waals surface area contributed by atoms with Gasteiger partial charge in [0, 0.05) is 23.9 Å². The van der Waals surface area contributed by atoms with Crippen LogP contribution in [0.2, 0.25) is 0 Å². The van der Waals surface area contributed by atoms with Crippen LogP contribution in [0.15, 0.2) is 101 Å². The van der Waals surface area contributed by atoms with Crippen LogP contribution in [-0.2, 0) is 19.6 Å². The predicted molar refractivity (Wildman–Crippen MR) is 158 cm³/mol. The lowest BCUT2D eigenvalue weighted by Gasteiger charge is -2.17. The van der Waals surface area contributed by atoms with Gasteiger partial charge in [-0.2, -0.15) is 4.98 Å². The van der Waals surface area contributed by atoms with Crippen molar-refractivity contribution in [1.82, 2.24) is 19.1 Å². The molecule has 0 aliphatic carbocycles. The number of aromatic nitrogens is 4. The van der Waals surface area contributed by atoms with Crippen molar-refractivity contribution in [1.29, 1.82) is 0 Å². The maximum absolute atomic E-state index is 13.7. The van der Waals surface area contributed by atoms with E-state index in [1.165, 1.54) is 4.57 Å². The number of anilines is 2. The molecular formula is C31H30N6O4. The maximum atomic E-state index is 13.7. The van der Waals surface area contributed by atoms with Crippen LogP contribution >= 0.6 is 0 Å². The zero-order chi connectivity index (χ0) is 28.8. The highest BCUT2D eigenvalue weighted by molar-refractivity contribution is 5.65. The fraction of sp³-hybridized carbons (Fsp3) is 0.161. The number of benzene rings is 3. The molecule has 208 valence electrons. The van der Waals surface area contributed by atoms with E-state index in [0.29, 0.717) is 22.9 Å². The van der Waals surface area contributed by atoms with Crippen LogP contribution in [0.4, 0.5) is 11.8 Å².